The van der Waals surface area contributed by atoms with Gasteiger partial charge in [-0.1, -0.05) is 6.92 Å². The maximum Gasteiger partial charge on any atom is 0.259 e. The van der Waals surface area contributed by atoms with Crippen molar-refractivity contribution in [2.24, 2.45) is 5.41 Å². The average molecular weight is 349 g/mol. The molecule has 2 aliphatic heterocycles. The minimum Gasteiger partial charge on any atom is -0.333 e. The molecule has 6 nitrogen and oxygen atoms in total. The fourth-order valence-corrected chi connectivity index (χ4v) is 4.31. The normalized spacial score (nSPS) is 25.3. The number of sulfonamides is 1. The van der Waals surface area contributed by atoms with Crippen molar-refractivity contribution in [3.63, 3.8) is 0 Å². The van der Waals surface area contributed by atoms with Crippen LogP contribution in [0, 0.1) is 5.41 Å². The highest BCUT2D eigenvalue weighted by Crippen LogP contribution is 2.25. The van der Waals surface area contributed by atoms with Gasteiger partial charge in [0.15, 0.2) is 5.03 Å². The number of nitrogens with one attached hydrogen (secondary N) is 2. The molecule has 3 heterocycles. The van der Waals surface area contributed by atoms with Crippen LogP contribution in [0.1, 0.15) is 38.4 Å². The number of aromatic nitrogens is 2. The van der Waals surface area contributed by atoms with Gasteiger partial charge in [0.25, 0.3) is 10.0 Å². The van der Waals surface area contributed by atoms with Crippen LogP contribution in [0.15, 0.2) is 11.2 Å². The molecule has 1 atom stereocenters. The van der Waals surface area contributed by atoms with Crippen LogP contribution in [0.5, 0.6) is 0 Å². The number of halogens is 1. The molecule has 0 radical (unpaired) electrons. The Labute approximate surface area is 138 Å². The fourth-order valence-electron chi connectivity index (χ4n) is 3.13. The molecule has 22 heavy (non-hydrogen) atoms. The van der Waals surface area contributed by atoms with Gasteiger partial charge in [0.1, 0.15) is 5.82 Å². The lowest BCUT2D eigenvalue weighted by atomic mass is 9.83. The number of rotatable bonds is 4. The van der Waals surface area contributed by atoms with Crippen molar-refractivity contribution >= 4 is 22.4 Å². The van der Waals surface area contributed by atoms with Crippen molar-refractivity contribution in [3.05, 3.63) is 12.0 Å². The average Bonchev–Trinajstić information content (AvgIpc) is 2.91. The van der Waals surface area contributed by atoms with Gasteiger partial charge in [-0.05, 0) is 37.6 Å². The number of piperidine rings is 1. The Morgan fingerprint density at radius 2 is 2.23 bits per heavy atom. The lowest BCUT2D eigenvalue weighted by molar-refractivity contribution is 0.238. The summed E-state index contributed by atoms with van der Waals surface area (Å²) in [5, 5.41) is 3.51. The molecular formula is C14H25ClN4O2S. The van der Waals surface area contributed by atoms with Crippen LogP contribution in [-0.4, -0.2) is 37.6 Å². The van der Waals surface area contributed by atoms with E-state index in [-0.39, 0.29) is 22.8 Å². The van der Waals surface area contributed by atoms with Crippen LogP contribution in [0.2, 0.25) is 0 Å². The second-order valence-corrected chi connectivity index (χ2v) is 8.28. The molecule has 1 aromatic rings. The molecule has 1 unspecified atom stereocenters. The molecule has 0 amide bonds. The van der Waals surface area contributed by atoms with Gasteiger partial charge in [0.2, 0.25) is 0 Å². The van der Waals surface area contributed by atoms with Gasteiger partial charge in [0.05, 0.1) is 0 Å². The third kappa shape index (κ3) is 3.82. The number of hydrogen-bond acceptors (Lipinski definition) is 4. The minimum absolute atomic E-state index is 0. The highest BCUT2D eigenvalue weighted by Gasteiger charge is 2.30. The van der Waals surface area contributed by atoms with Crippen LogP contribution in [0.25, 0.3) is 0 Å². The first-order valence-electron chi connectivity index (χ1n) is 7.75. The molecule has 0 bridgehead atoms. The largest absolute Gasteiger partial charge is 0.333 e. The van der Waals surface area contributed by atoms with E-state index in [0.717, 1.165) is 57.6 Å². The lowest BCUT2D eigenvalue weighted by Gasteiger charge is -2.34. The molecule has 0 aromatic carbocycles. The highest BCUT2D eigenvalue weighted by molar-refractivity contribution is 7.89. The van der Waals surface area contributed by atoms with Gasteiger partial charge in [-0.3, -0.25) is 0 Å². The topological polar surface area (TPSA) is 76.0 Å². The summed E-state index contributed by atoms with van der Waals surface area (Å²) >= 11 is 0. The van der Waals surface area contributed by atoms with Crippen molar-refractivity contribution < 1.29 is 8.42 Å². The van der Waals surface area contributed by atoms with E-state index in [1.165, 1.54) is 0 Å². The first kappa shape index (κ1) is 17.7. The third-order valence-electron chi connectivity index (χ3n) is 4.54. The smallest absolute Gasteiger partial charge is 0.259 e. The Morgan fingerprint density at radius 1 is 1.41 bits per heavy atom. The van der Waals surface area contributed by atoms with Crippen molar-refractivity contribution in [3.8, 4) is 0 Å². The molecule has 0 aliphatic carbocycles. The third-order valence-corrected chi connectivity index (χ3v) is 5.81. The lowest BCUT2D eigenvalue weighted by Crippen LogP contribution is -2.45. The maximum absolute atomic E-state index is 12.4. The summed E-state index contributed by atoms with van der Waals surface area (Å²) in [5.74, 6) is 0.896. The molecule has 2 aliphatic rings. The fraction of sp³-hybridized carbons (Fsp3) is 0.786. The van der Waals surface area contributed by atoms with Gasteiger partial charge in [-0.15, -0.1) is 12.4 Å². The van der Waals surface area contributed by atoms with Gasteiger partial charge in [-0.25, -0.2) is 18.1 Å². The number of aryl methyl sites for hydroxylation is 2. The Balaban J connectivity index is 0.00000176. The van der Waals surface area contributed by atoms with Crippen LogP contribution in [0.3, 0.4) is 0 Å². The predicted molar refractivity (Wildman–Crippen MR) is 87.8 cm³/mol. The molecule has 8 heteroatoms. The van der Waals surface area contributed by atoms with E-state index in [0.29, 0.717) is 6.54 Å². The molecular weight excluding hydrogens is 324 g/mol. The van der Waals surface area contributed by atoms with Gasteiger partial charge < -0.3 is 9.88 Å². The number of fused-ring (bicyclic) bond motifs is 1. The van der Waals surface area contributed by atoms with Gasteiger partial charge in [-0.2, -0.15) is 0 Å². The van der Waals surface area contributed by atoms with Gasteiger partial charge >= 0.3 is 0 Å². The summed E-state index contributed by atoms with van der Waals surface area (Å²) in [7, 11) is -3.50. The van der Waals surface area contributed by atoms with E-state index in [4.69, 9.17) is 0 Å². The predicted octanol–water partition coefficient (Wildman–Crippen LogP) is 1.31. The first-order valence-corrected chi connectivity index (χ1v) is 9.23. The Hall–Kier alpha value is -0.630. The molecule has 0 saturated carbocycles. The second-order valence-electron chi connectivity index (χ2n) is 6.56. The van der Waals surface area contributed by atoms with E-state index in [1.54, 1.807) is 6.20 Å². The molecule has 126 valence electrons. The zero-order chi connectivity index (χ0) is 14.9. The number of hydrogen-bond donors (Lipinski definition) is 2. The standard InChI is InChI=1S/C14H24N4O2S.ClH/c1-14(6-4-7-15-10-14)11-16-21(19,20)13-9-18-8-3-2-5-12(18)17-13;/h9,15-16H,2-8,10-11H2,1H3;1H. The Bertz CT molecular complexity index is 585. The first-order chi connectivity index (χ1) is 9.99. The van der Waals surface area contributed by atoms with Gasteiger partial charge in [0, 0.05) is 32.3 Å². The zero-order valence-electron chi connectivity index (χ0n) is 13.0. The zero-order valence-corrected chi connectivity index (χ0v) is 14.6. The number of imidazole rings is 1. The van der Waals surface area contributed by atoms with Crippen LogP contribution >= 0.6 is 12.4 Å². The van der Waals surface area contributed by atoms with Crippen LogP contribution in [0.4, 0.5) is 0 Å². The SMILES string of the molecule is CC1(CNS(=O)(=O)c2cn3c(n2)CCCC3)CCCNC1.Cl. The molecule has 1 aromatic heterocycles. The second kappa shape index (κ2) is 6.86. The van der Waals surface area contributed by atoms with Crippen LogP contribution < -0.4 is 10.0 Å². The molecule has 1 fully saturated rings. The summed E-state index contributed by atoms with van der Waals surface area (Å²) < 4.78 is 29.6. The maximum atomic E-state index is 12.4. The van der Waals surface area contributed by atoms with E-state index >= 15 is 0 Å². The number of nitrogens with zero attached hydrogens (tertiary/aromatic N) is 2. The minimum atomic E-state index is -3.50. The Morgan fingerprint density at radius 3 is 2.91 bits per heavy atom. The van der Waals surface area contributed by atoms with E-state index in [2.05, 4.69) is 21.9 Å². The van der Waals surface area contributed by atoms with E-state index < -0.39 is 10.0 Å². The van der Waals surface area contributed by atoms with Crippen molar-refractivity contribution in [1.29, 1.82) is 0 Å². The molecule has 3 rings (SSSR count). The molecule has 2 N–H and O–H groups in total. The van der Waals surface area contributed by atoms with Crippen molar-refractivity contribution in [2.75, 3.05) is 19.6 Å². The summed E-state index contributed by atoms with van der Waals surface area (Å²) in [4.78, 5) is 4.31. The van der Waals surface area contributed by atoms with Crippen molar-refractivity contribution in [2.45, 2.75) is 50.6 Å². The van der Waals surface area contributed by atoms with Crippen LogP contribution in [-0.2, 0) is 23.0 Å². The summed E-state index contributed by atoms with van der Waals surface area (Å²) in [6.45, 7) is 5.34. The summed E-state index contributed by atoms with van der Waals surface area (Å²) in [5.41, 5.74) is -0.00925. The molecule has 0 spiro atoms. The van der Waals surface area contributed by atoms with E-state index in [1.807, 2.05) is 4.57 Å². The molecule has 1 saturated heterocycles. The van der Waals surface area contributed by atoms with E-state index in [9.17, 15) is 8.42 Å². The Kier molecular flexibility index (Phi) is 5.53. The highest BCUT2D eigenvalue weighted by atomic mass is 35.5. The quantitative estimate of drug-likeness (QED) is 0.860. The summed E-state index contributed by atoms with van der Waals surface area (Å²) in [6, 6.07) is 0. The summed E-state index contributed by atoms with van der Waals surface area (Å²) in [6.07, 6.45) is 6.88. The van der Waals surface area contributed by atoms with Crippen molar-refractivity contribution in [1.82, 2.24) is 19.6 Å². The monoisotopic (exact) mass is 348 g/mol.